The molecule has 2 unspecified atom stereocenters. The second-order valence-corrected chi connectivity index (χ2v) is 10.7. The number of amides is 1. The molecule has 41 heavy (non-hydrogen) atoms. The van der Waals surface area contributed by atoms with E-state index >= 15 is 0 Å². The average Bonchev–Trinajstić information content (AvgIpc) is 3.39. The van der Waals surface area contributed by atoms with Crippen molar-refractivity contribution in [1.29, 1.82) is 0 Å². The van der Waals surface area contributed by atoms with E-state index in [9.17, 15) is 14.7 Å². The van der Waals surface area contributed by atoms with E-state index in [0.29, 0.717) is 44.1 Å². The molecule has 0 aliphatic rings. The molecular weight excluding hydrogens is 518 g/mol. The Morgan fingerprint density at radius 1 is 1.10 bits per heavy atom. The van der Waals surface area contributed by atoms with E-state index < -0.39 is 0 Å². The van der Waals surface area contributed by atoms with Crippen LogP contribution in [0.3, 0.4) is 0 Å². The van der Waals surface area contributed by atoms with Gasteiger partial charge in [-0.2, -0.15) is 19.6 Å². The lowest BCUT2D eigenvalue weighted by molar-refractivity contribution is -0.120. The first kappa shape index (κ1) is 31.7. The van der Waals surface area contributed by atoms with Gasteiger partial charge in [0.2, 0.25) is 17.8 Å². The summed E-state index contributed by atoms with van der Waals surface area (Å²) < 4.78 is 1.72. The lowest BCUT2D eigenvalue weighted by Crippen LogP contribution is -2.34. The molecule has 0 radical (unpaired) electrons. The van der Waals surface area contributed by atoms with Crippen LogP contribution in [0.25, 0.3) is 5.65 Å². The van der Waals surface area contributed by atoms with Crippen LogP contribution >= 0.6 is 0 Å². The van der Waals surface area contributed by atoms with Crippen LogP contribution in [0.4, 0.5) is 11.9 Å². The van der Waals surface area contributed by atoms with Crippen molar-refractivity contribution >= 4 is 29.2 Å². The molecule has 10 heteroatoms. The molecular formula is C31H45N7O3. The second kappa shape index (κ2) is 15.9. The first-order valence-corrected chi connectivity index (χ1v) is 14.7. The van der Waals surface area contributed by atoms with Gasteiger partial charge in [-0.3, -0.25) is 9.59 Å². The van der Waals surface area contributed by atoms with E-state index in [1.165, 1.54) is 6.08 Å². The maximum atomic E-state index is 12.8. The highest BCUT2D eigenvalue weighted by Crippen LogP contribution is 2.23. The van der Waals surface area contributed by atoms with Crippen molar-refractivity contribution < 1.29 is 14.7 Å². The molecule has 0 bridgehead atoms. The van der Waals surface area contributed by atoms with Crippen molar-refractivity contribution in [2.24, 2.45) is 0 Å². The Labute approximate surface area is 243 Å². The maximum absolute atomic E-state index is 12.8. The number of anilines is 2. The number of hydrogen-bond acceptors (Lipinski definition) is 8. The number of carbonyl (C=O) groups is 2. The Bertz CT molecular complexity index is 1300. The summed E-state index contributed by atoms with van der Waals surface area (Å²) in [4.78, 5) is 33.9. The Hall–Kier alpha value is -3.79. The summed E-state index contributed by atoms with van der Waals surface area (Å²) in [5, 5.41) is 23.6. The Balaban J connectivity index is 1.70. The van der Waals surface area contributed by atoms with E-state index in [1.54, 1.807) is 4.52 Å². The van der Waals surface area contributed by atoms with Crippen molar-refractivity contribution in [3.8, 4) is 0 Å². The number of carbonyl (C=O) groups excluding carboxylic acids is 2. The molecule has 2 aromatic heterocycles. The number of benzene rings is 1. The lowest BCUT2D eigenvalue weighted by atomic mass is 9.99. The number of hydrogen-bond donors (Lipinski definition) is 4. The molecule has 1 aromatic carbocycles. The minimum atomic E-state index is -0.203. The maximum Gasteiger partial charge on any atom is 0.243 e. The van der Waals surface area contributed by atoms with E-state index in [-0.39, 0.29) is 36.3 Å². The van der Waals surface area contributed by atoms with E-state index in [0.717, 1.165) is 41.6 Å². The molecule has 3 rings (SSSR count). The van der Waals surface area contributed by atoms with Crippen molar-refractivity contribution in [1.82, 2.24) is 24.9 Å². The van der Waals surface area contributed by atoms with Crippen molar-refractivity contribution in [3.05, 3.63) is 59.8 Å². The van der Waals surface area contributed by atoms with E-state index in [1.807, 2.05) is 30.5 Å². The summed E-state index contributed by atoms with van der Waals surface area (Å²) in [5.74, 6) is 1.24. The number of aromatic nitrogens is 4. The standard InChI is InChI=1S/C31H45N7O3/c1-6-10-25(34-28(41)8-3)13-14-26(40)18-22-11-9-12-23(17-22)19-32-31-37-30(35-24(7-2)15-16-39)36-29-27(21(4)5)20-33-38(29)31/h8-9,11-12,17,20-21,24-25,39H,3,6-7,10,13-16,18-19H2,1-2,4-5H3,(H,34,41)(H2,32,35,36,37). The van der Waals surface area contributed by atoms with Gasteiger partial charge in [-0.25, -0.2) is 0 Å². The van der Waals surface area contributed by atoms with Crippen molar-refractivity contribution in [2.75, 3.05) is 17.2 Å². The first-order valence-electron chi connectivity index (χ1n) is 14.7. The summed E-state index contributed by atoms with van der Waals surface area (Å²) >= 11 is 0. The second-order valence-electron chi connectivity index (χ2n) is 10.7. The molecule has 2 atom stereocenters. The molecule has 0 aliphatic heterocycles. The van der Waals surface area contributed by atoms with Gasteiger partial charge in [-0.15, -0.1) is 0 Å². The van der Waals surface area contributed by atoms with Crippen LogP contribution in [0.2, 0.25) is 0 Å². The minimum Gasteiger partial charge on any atom is -0.396 e. The number of nitrogens with zero attached hydrogens (tertiary/aromatic N) is 4. The highest BCUT2D eigenvalue weighted by molar-refractivity contribution is 5.87. The minimum absolute atomic E-state index is 0.0242. The SMILES string of the molecule is C=CC(=O)NC(CCC)CCC(=O)Cc1cccc(CNc2nc(NC(CC)CCO)nc3c(C(C)C)cnn23)c1. The monoisotopic (exact) mass is 563 g/mol. The zero-order valence-corrected chi connectivity index (χ0v) is 24.8. The van der Waals surface area contributed by atoms with Gasteiger partial charge in [-0.1, -0.05) is 65.0 Å². The quantitative estimate of drug-likeness (QED) is 0.162. The molecule has 4 N–H and O–H groups in total. The van der Waals surface area contributed by atoms with Gasteiger partial charge in [0, 0.05) is 43.6 Å². The largest absolute Gasteiger partial charge is 0.396 e. The number of ketones is 1. The number of nitrogens with one attached hydrogen (secondary N) is 3. The highest BCUT2D eigenvalue weighted by Gasteiger charge is 2.17. The number of Topliss-reactive ketones (excluding diaryl/α,β-unsaturated/α-hetero) is 1. The topological polar surface area (TPSA) is 134 Å². The summed E-state index contributed by atoms with van der Waals surface area (Å²) in [6.45, 7) is 12.4. The van der Waals surface area contributed by atoms with Crippen LogP contribution < -0.4 is 16.0 Å². The lowest BCUT2D eigenvalue weighted by Gasteiger charge is -2.17. The van der Waals surface area contributed by atoms with Crippen LogP contribution in [0, 0.1) is 0 Å². The fraction of sp³-hybridized carbons (Fsp3) is 0.516. The molecule has 0 aliphatic carbocycles. The predicted octanol–water partition coefficient (Wildman–Crippen LogP) is 4.80. The third-order valence-corrected chi connectivity index (χ3v) is 7.10. The van der Waals surface area contributed by atoms with Crippen molar-refractivity contribution in [2.45, 2.75) is 97.2 Å². The summed E-state index contributed by atoms with van der Waals surface area (Å²) in [5.41, 5.74) is 3.73. The van der Waals surface area contributed by atoms with Gasteiger partial charge < -0.3 is 21.1 Å². The molecule has 2 heterocycles. The molecule has 0 fully saturated rings. The fourth-order valence-corrected chi connectivity index (χ4v) is 4.78. The molecule has 0 spiro atoms. The normalized spacial score (nSPS) is 12.7. The van der Waals surface area contributed by atoms with Gasteiger partial charge in [-0.05, 0) is 48.8 Å². The van der Waals surface area contributed by atoms with E-state index in [2.05, 4.69) is 55.3 Å². The van der Waals surface area contributed by atoms with Crippen LogP contribution in [0.15, 0.2) is 43.1 Å². The molecule has 0 saturated carbocycles. The Morgan fingerprint density at radius 3 is 2.56 bits per heavy atom. The van der Waals surface area contributed by atoms with Gasteiger partial charge in [0.05, 0.1) is 6.20 Å². The number of rotatable bonds is 18. The summed E-state index contributed by atoms with van der Waals surface area (Å²) in [7, 11) is 0. The van der Waals surface area contributed by atoms with Gasteiger partial charge in [0.15, 0.2) is 5.65 Å². The highest BCUT2D eigenvalue weighted by atomic mass is 16.3. The fourth-order valence-electron chi connectivity index (χ4n) is 4.78. The van der Waals surface area contributed by atoms with Crippen LogP contribution in [0.5, 0.6) is 0 Å². The molecule has 222 valence electrons. The zero-order valence-electron chi connectivity index (χ0n) is 24.8. The first-order chi connectivity index (χ1) is 19.8. The zero-order chi connectivity index (χ0) is 29.8. The molecule has 1 amide bonds. The predicted molar refractivity (Wildman–Crippen MR) is 163 cm³/mol. The van der Waals surface area contributed by atoms with Crippen LogP contribution in [-0.2, 0) is 22.6 Å². The number of fused-ring (bicyclic) bond motifs is 1. The Kier molecular flexibility index (Phi) is 12.3. The van der Waals surface area contributed by atoms with E-state index in [4.69, 9.17) is 9.97 Å². The van der Waals surface area contributed by atoms with Crippen LogP contribution in [-0.4, -0.2) is 55.1 Å². The third kappa shape index (κ3) is 9.38. The van der Waals surface area contributed by atoms with Crippen LogP contribution in [0.1, 0.15) is 88.8 Å². The van der Waals surface area contributed by atoms with Crippen molar-refractivity contribution in [3.63, 3.8) is 0 Å². The molecule has 3 aromatic rings. The smallest absolute Gasteiger partial charge is 0.243 e. The van der Waals surface area contributed by atoms with Gasteiger partial charge in [0.1, 0.15) is 5.78 Å². The average molecular weight is 564 g/mol. The summed E-state index contributed by atoms with van der Waals surface area (Å²) in [6, 6.07) is 8.00. The Morgan fingerprint density at radius 2 is 1.88 bits per heavy atom. The third-order valence-electron chi connectivity index (χ3n) is 7.10. The summed E-state index contributed by atoms with van der Waals surface area (Å²) in [6.07, 6.45) is 7.67. The molecule has 0 saturated heterocycles. The number of aliphatic hydroxyl groups excluding tert-OH is 1. The van der Waals surface area contributed by atoms with Gasteiger partial charge >= 0.3 is 0 Å². The number of aliphatic hydroxyl groups is 1. The molecule has 10 nitrogen and oxygen atoms in total. The van der Waals surface area contributed by atoms with Gasteiger partial charge in [0.25, 0.3) is 0 Å².